The lowest BCUT2D eigenvalue weighted by Gasteiger charge is -2.36. The summed E-state index contributed by atoms with van der Waals surface area (Å²) in [6, 6.07) is 3.50. The summed E-state index contributed by atoms with van der Waals surface area (Å²) in [5.41, 5.74) is -0.784. The highest BCUT2D eigenvalue weighted by atomic mass is 35.5. The molecule has 0 radical (unpaired) electrons. The zero-order valence-corrected chi connectivity index (χ0v) is 16.9. The predicted octanol–water partition coefficient (Wildman–Crippen LogP) is 3.40. The van der Waals surface area contributed by atoms with Crippen molar-refractivity contribution in [3.8, 4) is 0 Å². The molecule has 11 heteroatoms. The van der Waals surface area contributed by atoms with E-state index in [1.807, 2.05) is 0 Å². The summed E-state index contributed by atoms with van der Waals surface area (Å²) in [5, 5.41) is 10.8. The van der Waals surface area contributed by atoms with Crippen molar-refractivity contribution in [1.82, 2.24) is 15.5 Å². The van der Waals surface area contributed by atoms with Gasteiger partial charge in [0.2, 0.25) is 5.89 Å². The van der Waals surface area contributed by atoms with Crippen molar-refractivity contribution in [3.05, 3.63) is 45.6 Å². The molecular weight excluding hydrogens is 435 g/mol. The number of rotatable bonds is 3. The number of sulfone groups is 1. The van der Waals surface area contributed by atoms with Crippen molar-refractivity contribution >= 4 is 33.0 Å². The molecule has 0 bridgehead atoms. The Hall–Kier alpha value is -1.29. The van der Waals surface area contributed by atoms with Gasteiger partial charge in [-0.15, -0.1) is 10.2 Å². The molecule has 28 heavy (non-hydrogen) atoms. The molecule has 2 aliphatic heterocycles. The summed E-state index contributed by atoms with van der Waals surface area (Å²) in [7, 11) is -3.05. The van der Waals surface area contributed by atoms with Crippen LogP contribution in [0, 0.1) is 5.41 Å². The van der Waals surface area contributed by atoms with Gasteiger partial charge in [0.25, 0.3) is 5.89 Å². The summed E-state index contributed by atoms with van der Waals surface area (Å²) >= 11 is 11.6. The molecule has 1 N–H and O–H groups in total. The zero-order chi connectivity index (χ0) is 20.2. The lowest BCUT2D eigenvalue weighted by Crippen LogP contribution is -2.38. The Morgan fingerprint density at radius 2 is 1.89 bits per heavy atom. The fourth-order valence-electron chi connectivity index (χ4n) is 3.94. The van der Waals surface area contributed by atoms with Gasteiger partial charge in [0.1, 0.15) is 9.84 Å². The van der Waals surface area contributed by atoms with E-state index in [1.165, 1.54) is 6.07 Å². The van der Waals surface area contributed by atoms with Gasteiger partial charge in [-0.3, -0.25) is 0 Å². The summed E-state index contributed by atoms with van der Waals surface area (Å²) in [4.78, 5) is 0. The second-order valence-corrected chi connectivity index (χ2v) is 10.5. The van der Waals surface area contributed by atoms with E-state index in [2.05, 4.69) is 15.5 Å². The average Bonchev–Trinajstić information content (AvgIpc) is 3.27. The van der Waals surface area contributed by atoms with Crippen molar-refractivity contribution < 1.29 is 21.6 Å². The highest BCUT2D eigenvalue weighted by Crippen LogP contribution is 2.48. The van der Waals surface area contributed by atoms with Gasteiger partial charge in [-0.2, -0.15) is 8.78 Å². The molecule has 0 amide bonds. The number of benzene rings is 1. The maximum absolute atomic E-state index is 14.8. The van der Waals surface area contributed by atoms with Gasteiger partial charge in [0.15, 0.2) is 0 Å². The van der Waals surface area contributed by atoms with Crippen LogP contribution in [-0.2, 0) is 15.8 Å². The molecule has 1 unspecified atom stereocenters. The molecule has 1 atom stereocenters. The average molecular weight is 452 g/mol. The van der Waals surface area contributed by atoms with Crippen LogP contribution in [0.1, 0.15) is 36.1 Å². The molecule has 6 nitrogen and oxygen atoms in total. The van der Waals surface area contributed by atoms with Gasteiger partial charge in [0.05, 0.1) is 27.5 Å². The maximum Gasteiger partial charge on any atom is 0.349 e. The van der Waals surface area contributed by atoms with E-state index in [9.17, 15) is 17.2 Å². The molecule has 1 aromatic carbocycles. The first-order chi connectivity index (χ1) is 13.1. The van der Waals surface area contributed by atoms with Crippen LogP contribution in [0.15, 0.2) is 22.6 Å². The quantitative estimate of drug-likeness (QED) is 0.769. The number of nitrogens with zero attached hydrogens (tertiary/aromatic N) is 2. The van der Waals surface area contributed by atoms with Crippen molar-refractivity contribution in [1.29, 1.82) is 0 Å². The molecule has 0 saturated carbocycles. The lowest BCUT2D eigenvalue weighted by molar-refractivity contribution is 0.0110. The van der Waals surface area contributed by atoms with E-state index in [1.54, 1.807) is 0 Å². The first-order valence-electron chi connectivity index (χ1n) is 8.71. The van der Waals surface area contributed by atoms with Crippen LogP contribution in [0.25, 0.3) is 0 Å². The van der Waals surface area contributed by atoms with Crippen LogP contribution in [-0.4, -0.2) is 43.2 Å². The Labute approximate surface area is 170 Å². The highest BCUT2D eigenvalue weighted by Gasteiger charge is 2.50. The van der Waals surface area contributed by atoms with E-state index in [-0.39, 0.29) is 38.8 Å². The van der Waals surface area contributed by atoms with Crippen LogP contribution < -0.4 is 5.32 Å². The first-order valence-corrected chi connectivity index (χ1v) is 11.3. The van der Waals surface area contributed by atoms with Crippen LogP contribution in [0.3, 0.4) is 0 Å². The van der Waals surface area contributed by atoms with Crippen LogP contribution in [0.4, 0.5) is 8.78 Å². The zero-order valence-electron chi connectivity index (χ0n) is 14.6. The lowest BCUT2D eigenvalue weighted by atomic mass is 9.73. The molecule has 3 heterocycles. The fourth-order valence-corrected chi connectivity index (χ4v) is 5.88. The number of nitrogens with one attached hydrogen (secondary N) is 1. The van der Waals surface area contributed by atoms with Gasteiger partial charge in [-0.1, -0.05) is 29.3 Å². The van der Waals surface area contributed by atoms with Gasteiger partial charge in [-0.25, -0.2) is 8.42 Å². The number of hydrogen-bond acceptors (Lipinski definition) is 6. The summed E-state index contributed by atoms with van der Waals surface area (Å²) < 4.78 is 58.7. The van der Waals surface area contributed by atoms with Gasteiger partial charge in [0, 0.05) is 18.7 Å². The SMILES string of the molecule is O=S1(=O)CCC2(CC1)CNCC2c1nnc(C(F)(F)c2ccc(Cl)c(Cl)c2)o1. The molecule has 1 spiro atoms. The molecule has 1 aromatic heterocycles. The van der Waals surface area contributed by atoms with Crippen molar-refractivity contribution in [2.24, 2.45) is 5.41 Å². The van der Waals surface area contributed by atoms with Crippen LogP contribution in [0.2, 0.25) is 10.0 Å². The van der Waals surface area contributed by atoms with Gasteiger partial charge in [-0.05, 0) is 30.4 Å². The summed E-state index contributed by atoms with van der Waals surface area (Å²) in [5.74, 6) is -4.43. The van der Waals surface area contributed by atoms with Gasteiger partial charge >= 0.3 is 5.92 Å². The second kappa shape index (κ2) is 6.90. The third-order valence-corrected chi connectivity index (χ3v) is 8.07. The minimum Gasteiger partial charge on any atom is -0.419 e. The normalized spacial score (nSPS) is 23.9. The molecular formula is C17H17Cl2F2N3O3S. The largest absolute Gasteiger partial charge is 0.419 e. The molecule has 0 aliphatic carbocycles. The first kappa shape index (κ1) is 20.0. The highest BCUT2D eigenvalue weighted by molar-refractivity contribution is 7.91. The summed E-state index contributed by atoms with van der Waals surface area (Å²) in [6.07, 6.45) is 0.877. The van der Waals surface area contributed by atoms with Crippen molar-refractivity contribution in [3.63, 3.8) is 0 Å². The van der Waals surface area contributed by atoms with E-state index >= 15 is 0 Å². The minimum atomic E-state index is -3.53. The van der Waals surface area contributed by atoms with Crippen molar-refractivity contribution in [2.45, 2.75) is 24.7 Å². The molecule has 2 fully saturated rings. The second-order valence-electron chi connectivity index (χ2n) is 7.35. The Balaban J connectivity index is 1.62. The van der Waals surface area contributed by atoms with Crippen LogP contribution >= 0.6 is 23.2 Å². The predicted molar refractivity (Wildman–Crippen MR) is 99.7 cm³/mol. The topological polar surface area (TPSA) is 85.1 Å². The van der Waals surface area contributed by atoms with E-state index in [0.29, 0.717) is 25.9 Å². The van der Waals surface area contributed by atoms with E-state index < -0.39 is 27.2 Å². The third-order valence-electron chi connectivity index (χ3n) is 5.68. The number of halogens is 4. The van der Waals surface area contributed by atoms with Gasteiger partial charge < -0.3 is 9.73 Å². The molecule has 2 saturated heterocycles. The summed E-state index contributed by atoms with van der Waals surface area (Å²) in [6.45, 7) is 1.06. The Kier molecular flexibility index (Phi) is 4.93. The molecule has 152 valence electrons. The molecule has 4 rings (SSSR count). The number of aromatic nitrogens is 2. The van der Waals surface area contributed by atoms with Crippen LogP contribution in [0.5, 0.6) is 0 Å². The maximum atomic E-state index is 14.8. The molecule has 2 aromatic rings. The Bertz CT molecular complexity index is 999. The fraction of sp³-hybridized carbons (Fsp3) is 0.529. The third kappa shape index (κ3) is 3.42. The minimum absolute atomic E-state index is 0.000871. The smallest absolute Gasteiger partial charge is 0.349 e. The Morgan fingerprint density at radius 3 is 2.57 bits per heavy atom. The van der Waals surface area contributed by atoms with E-state index in [0.717, 1.165) is 12.1 Å². The van der Waals surface area contributed by atoms with E-state index in [4.69, 9.17) is 27.6 Å². The standard InChI is InChI=1S/C17H17Cl2F2N3O3S/c18-12-2-1-10(7-13(12)19)17(20,21)15-24-23-14(27-15)11-8-22-9-16(11)3-5-28(25,26)6-4-16/h1-2,7,11,22H,3-6,8-9H2. The Morgan fingerprint density at radius 1 is 1.18 bits per heavy atom. The number of alkyl halides is 2. The number of hydrogen-bond donors (Lipinski definition) is 1. The monoisotopic (exact) mass is 451 g/mol. The molecule has 2 aliphatic rings. The van der Waals surface area contributed by atoms with Crippen molar-refractivity contribution in [2.75, 3.05) is 24.6 Å².